The Bertz CT molecular complexity index is 1650. The zero-order valence-electron chi connectivity index (χ0n) is 55.9. The van der Waals surface area contributed by atoms with Gasteiger partial charge in [-0.1, -0.05) is 331 Å². The number of nitrogens with zero attached hydrogens (tertiary/aromatic N) is 1. The fraction of sp³-hybridized carbons (Fsp3) is 0.811. The molecule has 0 aliphatic carbocycles. The molecule has 0 rings (SSSR count). The molecule has 1 N–H and O–H groups in total. The molecule has 490 valence electrons. The molecule has 0 aliphatic rings. The number of phosphoric ester groups is 1. The Hall–Kier alpha value is -2.55. The van der Waals surface area contributed by atoms with Crippen molar-refractivity contribution >= 4 is 19.8 Å². The number of esters is 2. The summed E-state index contributed by atoms with van der Waals surface area (Å²) in [5.41, 5.74) is 0. The number of ether oxygens (including phenoxy) is 2. The van der Waals surface area contributed by atoms with Gasteiger partial charge in [-0.25, -0.2) is 4.57 Å². The van der Waals surface area contributed by atoms with Crippen LogP contribution in [0.4, 0.5) is 0 Å². The average molecular weight is 1200 g/mol. The molecule has 9 nitrogen and oxygen atoms in total. The van der Waals surface area contributed by atoms with E-state index in [0.29, 0.717) is 23.9 Å². The first kappa shape index (κ1) is 81.5. The number of rotatable bonds is 66. The number of carbonyl (C=O) groups is 2. The Labute approximate surface area is 520 Å². The second-order valence-electron chi connectivity index (χ2n) is 25.3. The quantitative estimate of drug-likeness (QED) is 0.0211. The number of quaternary nitrogens is 1. The minimum atomic E-state index is -4.39. The van der Waals surface area contributed by atoms with E-state index in [2.05, 4.69) is 86.8 Å². The van der Waals surface area contributed by atoms with Crippen LogP contribution in [-0.4, -0.2) is 74.9 Å². The van der Waals surface area contributed by atoms with Gasteiger partial charge in [-0.15, -0.1) is 0 Å². The number of likely N-dealkylation sites (N-methyl/N-ethyl adjacent to an activating group) is 1. The molecule has 0 aliphatic heterocycles. The van der Waals surface area contributed by atoms with E-state index in [1.807, 2.05) is 21.1 Å². The molecule has 0 bridgehead atoms. The van der Waals surface area contributed by atoms with Gasteiger partial charge in [-0.2, -0.15) is 0 Å². The first-order chi connectivity index (χ1) is 41.0. The molecule has 84 heavy (non-hydrogen) atoms. The Morgan fingerprint density at radius 2 is 0.679 bits per heavy atom. The molecule has 0 radical (unpaired) electrons. The Morgan fingerprint density at radius 1 is 0.381 bits per heavy atom. The van der Waals surface area contributed by atoms with Gasteiger partial charge >= 0.3 is 19.8 Å². The predicted octanol–water partition coefficient (Wildman–Crippen LogP) is 23.2. The van der Waals surface area contributed by atoms with E-state index in [9.17, 15) is 19.0 Å². The van der Waals surface area contributed by atoms with Gasteiger partial charge in [0.25, 0.3) is 0 Å². The van der Waals surface area contributed by atoms with Crippen LogP contribution in [-0.2, 0) is 32.7 Å². The lowest BCUT2D eigenvalue weighted by Gasteiger charge is -2.24. The fourth-order valence-corrected chi connectivity index (χ4v) is 11.1. The summed E-state index contributed by atoms with van der Waals surface area (Å²) in [6, 6.07) is 0. The number of unbranched alkanes of at least 4 members (excludes halogenated alkanes) is 40. The van der Waals surface area contributed by atoms with Crippen LogP contribution < -0.4 is 0 Å². The van der Waals surface area contributed by atoms with Gasteiger partial charge in [0.05, 0.1) is 27.7 Å². The molecule has 0 aromatic rings. The lowest BCUT2D eigenvalue weighted by atomic mass is 10.0. The summed E-state index contributed by atoms with van der Waals surface area (Å²) >= 11 is 0. The van der Waals surface area contributed by atoms with Crippen LogP contribution in [0.25, 0.3) is 0 Å². The van der Waals surface area contributed by atoms with Gasteiger partial charge < -0.3 is 18.9 Å². The molecule has 2 atom stereocenters. The third kappa shape index (κ3) is 68.6. The first-order valence-corrected chi connectivity index (χ1v) is 37.2. The topological polar surface area (TPSA) is 108 Å². The van der Waals surface area contributed by atoms with Gasteiger partial charge in [0, 0.05) is 12.8 Å². The molecule has 0 aromatic heterocycles. The highest BCUT2D eigenvalue weighted by Crippen LogP contribution is 2.43. The van der Waals surface area contributed by atoms with E-state index in [1.165, 1.54) is 225 Å². The van der Waals surface area contributed by atoms with Crippen molar-refractivity contribution in [2.45, 2.75) is 341 Å². The number of hydrogen-bond donors (Lipinski definition) is 1. The maximum Gasteiger partial charge on any atom is 0.472 e. The van der Waals surface area contributed by atoms with Crippen molar-refractivity contribution in [2.24, 2.45) is 0 Å². The van der Waals surface area contributed by atoms with Crippen molar-refractivity contribution in [2.75, 3.05) is 47.5 Å². The van der Waals surface area contributed by atoms with Crippen molar-refractivity contribution in [3.63, 3.8) is 0 Å². The smallest absolute Gasteiger partial charge is 0.462 e. The maximum absolute atomic E-state index is 12.9. The summed E-state index contributed by atoms with van der Waals surface area (Å²) in [5, 5.41) is 0. The summed E-state index contributed by atoms with van der Waals surface area (Å²) in [6.07, 6.45) is 87.3. The van der Waals surface area contributed by atoms with Crippen LogP contribution in [0.1, 0.15) is 335 Å². The van der Waals surface area contributed by atoms with Crippen LogP contribution >= 0.6 is 7.82 Å². The number of carbonyl (C=O) groups excluding carboxylic acids is 2. The average Bonchev–Trinajstić information content (AvgIpc) is 3.61. The molecule has 0 fully saturated rings. The normalized spacial score (nSPS) is 13.5. The highest BCUT2D eigenvalue weighted by molar-refractivity contribution is 7.47. The molecule has 0 saturated carbocycles. The minimum absolute atomic E-state index is 0.0310. The Morgan fingerprint density at radius 3 is 1.01 bits per heavy atom. The molecule has 0 saturated heterocycles. The van der Waals surface area contributed by atoms with Gasteiger partial charge in [0.15, 0.2) is 6.10 Å². The van der Waals surface area contributed by atoms with Gasteiger partial charge in [-0.05, 0) is 64.2 Å². The van der Waals surface area contributed by atoms with Crippen molar-refractivity contribution < 1.29 is 42.1 Å². The van der Waals surface area contributed by atoms with E-state index in [0.717, 1.165) is 77.0 Å². The molecule has 0 spiro atoms. The molecular weight excluding hydrogens is 1060 g/mol. The standard InChI is InChI=1S/C74H136NO8P/c1-6-8-10-12-14-16-18-20-22-24-26-28-30-32-34-36-37-39-41-43-45-47-49-51-53-55-57-59-61-63-65-67-74(77)83-72(71-82-84(78,79)81-69-68-75(3,4)5)70-80-73(76)66-64-62-60-58-56-54-52-50-48-46-44-42-40-38-35-33-31-29-27-25-23-21-19-17-15-13-11-9-7-2/h8,10,14,16,20,22,26,28,32,34,37,39,72H,6-7,9,11-13,15,17-19,21,23-25,27,29-31,33,35-36,38,40-71H2,1-5H3/p+1/b10-8-,16-14-,22-20-,28-26-,34-32-,39-37-. The maximum atomic E-state index is 12.9. The Balaban J connectivity index is 4.03. The summed E-state index contributed by atoms with van der Waals surface area (Å²) in [5.74, 6) is -0.785. The minimum Gasteiger partial charge on any atom is -0.462 e. The highest BCUT2D eigenvalue weighted by Gasteiger charge is 2.27. The third-order valence-electron chi connectivity index (χ3n) is 15.8. The van der Waals surface area contributed by atoms with E-state index in [-0.39, 0.29) is 25.6 Å². The predicted molar refractivity (Wildman–Crippen MR) is 363 cm³/mol. The molecule has 0 amide bonds. The lowest BCUT2D eigenvalue weighted by molar-refractivity contribution is -0.870. The van der Waals surface area contributed by atoms with E-state index < -0.39 is 26.5 Å². The number of hydrogen-bond acceptors (Lipinski definition) is 7. The molecule has 0 aromatic carbocycles. The summed E-state index contributed by atoms with van der Waals surface area (Å²) in [4.78, 5) is 35.9. The number of phosphoric acid groups is 1. The van der Waals surface area contributed by atoms with Crippen molar-refractivity contribution in [3.05, 3.63) is 72.9 Å². The molecular formula is C74H137NO8P+. The second kappa shape index (κ2) is 64.9. The van der Waals surface area contributed by atoms with Crippen LogP contribution in [0.5, 0.6) is 0 Å². The van der Waals surface area contributed by atoms with E-state index in [1.54, 1.807) is 0 Å². The summed E-state index contributed by atoms with van der Waals surface area (Å²) in [7, 11) is 1.49. The molecule has 0 heterocycles. The first-order valence-electron chi connectivity index (χ1n) is 35.7. The summed E-state index contributed by atoms with van der Waals surface area (Å²) < 4.78 is 34.8. The van der Waals surface area contributed by atoms with E-state index in [4.69, 9.17) is 18.5 Å². The zero-order chi connectivity index (χ0) is 61.2. The summed E-state index contributed by atoms with van der Waals surface area (Å²) in [6.45, 7) is 4.37. The van der Waals surface area contributed by atoms with Crippen LogP contribution in [0.15, 0.2) is 72.9 Å². The number of allylic oxidation sites excluding steroid dienone is 12. The van der Waals surface area contributed by atoms with Crippen molar-refractivity contribution in [1.29, 1.82) is 0 Å². The molecule has 10 heteroatoms. The largest absolute Gasteiger partial charge is 0.472 e. The van der Waals surface area contributed by atoms with Crippen molar-refractivity contribution in [1.82, 2.24) is 0 Å². The molecule has 2 unspecified atom stereocenters. The van der Waals surface area contributed by atoms with E-state index >= 15 is 0 Å². The van der Waals surface area contributed by atoms with Gasteiger partial charge in [-0.3, -0.25) is 18.6 Å². The third-order valence-corrected chi connectivity index (χ3v) is 16.7. The highest BCUT2D eigenvalue weighted by atomic mass is 31.2. The van der Waals surface area contributed by atoms with Crippen LogP contribution in [0.3, 0.4) is 0 Å². The zero-order valence-corrected chi connectivity index (χ0v) is 56.8. The fourth-order valence-electron chi connectivity index (χ4n) is 10.3. The SMILES string of the molecule is CC/C=C\C/C=C\C/C=C\C/C=C\C/C=C\C/C=C\CCCCCCCCCCCCCCC(=O)OC(COC(=O)CCCCCCCCCCCCCCCCCCCCCCCCCCCCCCC)COP(=O)(O)OCC[N+](C)(C)C. The second-order valence-corrected chi connectivity index (χ2v) is 26.7. The van der Waals surface area contributed by atoms with Gasteiger partial charge in [0.2, 0.25) is 0 Å². The lowest BCUT2D eigenvalue weighted by Crippen LogP contribution is -2.37. The van der Waals surface area contributed by atoms with Crippen LogP contribution in [0, 0.1) is 0 Å². The Kier molecular flexibility index (Phi) is 62.9. The van der Waals surface area contributed by atoms with Gasteiger partial charge in [0.1, 0.15) is 19.8 Å². The van der Waals surface area contributed by atoms with Crippen molar-refractivity contribution in [3.8, 4) is 0 Å². The van der Waals surface area contributed by atoms with Crippen LogP contribution in [0.2, 0.25) is 0 Å². The monoisotopic (exact) mass is 1200 g/mol.